The molecule has 0 spiro atoms. The second kappa shape index (κ2) is 12.0. The summed E-state index contributed by atoms with van der Waals surface area (Å²) in [6.45, 7) is 5.59. The molecule has 2 aliphatic rings. The Morgan fingerprint density at radius 2 is 1.93 bits per heavy atom. The Kier molecular flexibility index (Phi) is 7.93. The molecule has 0 aliphatic heterocycles. The van der Waals surface area contributed by atoms with E-state index in [0.717, 1.165) is 70.8 Å². The fourth-order valence-corrected chi connectivity index (χ4v) is 5.44. The van der Waals surface area contributed by atoms with Crippen LogP contribution < -0.4 is 16.2 Å². The van der Waals surface area contributed by atoms with E-state index in [4.69, 9.17) is 9.72 Å². The Labute approximate surface area is 250 Å². The van der Waals surface area contributed by atoms with Gasteiger partial charge in [-0.2, -0.15) is 5.26 Å². The van der Waals surface area contributed by atoms with Crippen molar-refractivity contribution < 1.29 is 9.53 Å². The molecule has 2 saturated carbocycles. The van der Waals surface area contributed by atoms with Gasteiger partial charge in [0, 0.05) is 49.6 Å². The van der Waals surface area contributed by atoms with Crippen LogP contribution in [0.25, 0.3) is 22.4 Å². The third-order valence-electron chi connectivity index (χ3n) is 7.91. The third-order valence-corrected chi connectivity index (χ3v) is 7.91. The van der Waals surface area contributed by atoms with Gasteiger partial charge in [0.15, 0.2) is 0 Å². The minimum Gasteiger partial charge on any atom is -0.383 e. The number of nitrogens with one attached hydrogen (secondary N) is 3. The summed E-state index contributed by atoms with van der Waals surface area (Å²) in [6, 6.07) is 13.5. The number of benzene rings is 1. The number of nitriles is 1. The van der Waals surface area contributed by atoms with Gasteiger partial charge in [0.25, 0.3) is 11.5 Å². The maximum atomic E-state index is 13.7. The zero-order valence-electron chi connectivity index (χ0n) is 24.7. The van der Waals surface area contributed by atoms with Gasteiger partial charge in [-0.15, -0.1) is 0 Å². The van der Waals surface area contributed by atoms with Crippen LogP contribution in [-0.2, 0) is 11.3 Å². The van der Waals surface area contributed by atoms with Gasteiger partial charge in [0.1, 0.15) is 17.2 Å². The number of imidazole rings is 1. The molecule has 6 rings (SSSR count). The maximum absolute atomic E-state index is 13.7. The summed E-state index contributed by atoms with van der Waals surface area (Å²) in [7, 11) is 1.65. The number of aryl methyl sites for hydroxylation is 2. The number of ether oxygens (including phenoxy) is 1. The smallest absolute Gasteiger partial charge is 0.263 e. The van der Waals surface area contributed by atoms with Crippen LogP contribution in [0.4, 0.5) is 5.82 Å². The molecule has 2 fully saturated rings. The fraction of sp³-hybridized carbons (Fsp3) is 0.364. The van der Waals surface area contributed by atoms with Crippen LogP contribution in [0.5, 0.6) is 0 Å². The molecule has 0 saturated heterocycles. The molecular weight excluding hydrogens is 542 g/mol. The van der Waals surface area contributed by atoms with Crippen molar-refractivity contribution in [2.45, 2.75) is 58.0 Å². The third kappa shape index (κ3) is 6.28. The van der Waals surface area contributed by atoms with Crippen LogP contribution in [-0.4, -0.2) is 45.7 Å². The van der Waals surface area contributed by atoms with E-state index in [1.165, 1.54) is 0 Å². The van der Waals surface area contributed by atoms with E-state index in [1.807, 2.05) is 38.2 Å². The van der Waals surface area contributed by atoms with Crippen LogP contribution in [0.2, 0.25) is 0 Å². The number of pyridine rings is 2. The number of amides is 1. The molecule has 1 aromatic carbocycles. The van der Waals surface area contributed by atoms with Gasteiger partial charge >= 0.3 is 0 Å². The Bertz CT molecular complexity index is 1790. The Morgan fingerprint density at radius 1 is 1.12 bits per heavy atom. The van der Waals surface area contributed by atoms with Gasteiger partial charge in [-0.3, -0.25) is 9.59 Å². The molecule has 10 heteroatoms. The van der Waals surface area contributed by atoms with Gasteiger partial charge in [-0.25, -0.2) is 9.97 Å². The monoisotopic (exact) mass is 577 g/mol. The molecule has 3 heterocycles. The standard InChI is InChI=1S/C33H35N7O3/c1-19-31(37-20(2)36-19)27-12-21(16-34)4-9-26(27)24-14-29(23-5-6-23)38-30(15-24)39-32(41)28-13-22(17-35-10-11-43-3)18-40(33(28)42)25-7-8-25/h4,9,12-15,18,23,25,35H,5-8,10-11,17H2,1-3H3,(H,36,37)(H,38,39,41). The lowest BCUT2D eigenvalue weighted by Crippen LogP contribution is -2.30. The molecule has 0 bridgehead atoms. The number of methoxy groups -OCH3 is 1. The Morgan fingerprint density at radius 3 is 2.60 bits per heavy atom. The summed E-state index contributed by atoms with van der Waals surface area (Å²) in [5, 5.41) is 15.9. The minimum atomic E-state index is -0.482. The first kappa shape index (κ1) is 28.5. The highest BCUT2D eigenvalue weighted by Gasteiger charge is 2.29. The number of carbonyl (C=O) groups excluding carboxylic acids is 1. The highest BCUT2D eigenvalue weighted by Crippen LogP contribution is 2.42. The summed E-state index contributed by atoms with van der Waals surface area (Å²) >= 11 is 0. The van der Waals surface area contributed by atoms with Gasteiger partial charge in [-0.1, -0.05) is 6.07 Å². The van der Waals surface area contributed by atoms with Crippen LogP contribution in [0.3, 0.4) is 0 Å². The van der Waals surface area contributed by atoms with E-state index in [-0.39, 0.29) is 17.2 Å². The summed E-state index contributed by atoms with van der Waals surface area (Å²) < 4.78 is 6.81. The van der Waals surface area contributed by atoms with Crippen molar-refractivity contribution in [1.29, 1.82) is 5.26 Å². The van der Waals surface area contributed by atoms with E-state index in [9.17, 15) is 14.9 Å². The second-order valence-electron chi connectivity index (χ2n) is 11.4. The molecule has 1 amide bonds. The number of carbonyl (C=O) groups is 1. The molecular formula is C33H35N7O3. The largest absolute Gasteiger partial charge is 0.383 e. The zero-order valence-corrected chi connectivity index (χ0v) is 24.7. The fourth-order valence-electron chi connectivity index (χ4n) is 5.44. The highest BCUT2D eigenvalue weighted by atomic mass is 16.5. The highest BCUT2D eigenvalue weighted by molar-refractivity contribution is 6.04. The molecule has 0 unspecified atom stereocenters. The van der Waals surface area contributed by atoms with Crippen LogP contribution in [0, 0.1) is 25.2 Å². The van der Waals surface area contributed by atoms with Crippen LogP contribution in [0.15, 0.2) is 47.4 Å². The average molecular weight is 578 g/mol. The number of H-pyrrole nitrogens is 1. The van der Waals surface area contributed by atoms with Crippen molar-refractivity contribution in [3.8, 4) is 28.5 Å². The lowest BCUT2D eigenvalue weighted by Gasteiger charge is -2.15. The predicted octanol–water partition coefficient (Wildman–Crippen LogP) is 4.99. The lowest BCUT2D eigenvalue weighted by atomic mass is 9.94. The van der Waals surface area contributed by atoms with E-state index in [2.05, 4.69) is 32.7 Å². The number of aromatic amines is 1. The lowest BCUT2D eigenvalue weighted by molar-refractivity contribution is 0.102. The number of nitrogens with zero attached hydrogens (tertiary/aromatic N) is 4. The predicted molar refractivity (Wildman–Crippen MR) is 164 cm³/mol. The normalized spacial score (nSPS) is 14.5. The second-order valence-corrected chi connectivity index (χ2v) is 11.4. The van der Waals surface area contributed by atoms with Gasteiger partial charge in [-0.05, 0) is 86.6 Å². The van der Waals surface area contributed by atoms with Crippen molar-refractivity contribution in [3.05, 3.63) is 86.9 Å². The summed E-state index contributed by atoms with van der Waals surface area (Å²) in [5.74, 6) is 1.01. The van der Waals surface area contributed by atoms with Gasteiger partial charge in [0.2, 0.25) is 0 Å². The van der Waals surface area contributed by atoms with Crippen molar-refractivity contribution >= 4 is 11.7 Å². The first-order valence-corrected chi connectivity index (χ1v) is 14.7. The molecule has 0 atom stereocenters. The molecule has 3 N–H and O–H groups in total. The molecule has 43 heavy (non-hydrogen) atoms. The molecule has 3 aromatic heterocycles. The summed E-state index contributed by atoms with van der Waals surface area (Å²) in [4.78, 5) is 39.7. The average Bonchev–Trinajstić information content (AvgIpc) is 3.93. The van der Waals surface area contributed by atoms with Crippen LogP contribution >= 0.6 is 0 Å². The summed E-state index contributed by atoms with van der Waals surface area (Å²) in [6.07, 6.45) is 5.78. The number of anilines is 1. The van der Waals surface area contributed by atoms with Crippen molar-refractivity contribution in [2.75, 3.05) is 25.6 Å². The minimum absolute atomic E-state index is 0.0979. The molecule has 2 aliphatic carbocycles. The van der Waals surface area contributed by atoms with E-state index in [0.29, 0.717) is 37.0 Å². The first-order chi connectivity index (χ1) is 20.8. The van der Waals surface area contributed by atoms with Crippen LogP contribution in [0.1, 0.15) is 76.3 Å². The van der Waals surface area contributed by atoms with Gasteiger partial charge in [0.05, 0.1) is 29.6 Å². The van der Waals surface area contributed by atoms with E-state index >= 15 is 0 Å². The Balaban J connectivity index is 1.37. The maximum Gasteiger partial charge on any atom is 0.263 e. The Hall–Kier alpha value is -4.59. The number of rotatable bonds is 11. The molecule has 4 aromatic rings. The number of hydrogen-bond donors (Lipinski definition) is 3. The van der Waals surface area contributed by atoms with E-state index < -0.39 is 5.91 Å². The van der Waals surface area contributed by atoms with Crippen molar-refractivity contribution in [1.82, 2.24) is 24.8 Å². The van der Waals surface area contributed by atoms with Crippen molar-refractivity contribution in [3.63, 3.8) is 0 Å². The quantitative estimate of drug-likeness (QED) is 0.214. The first-order valence-electron chi connectivity index (χ1n) is 14.7. The number of aromatic nitrogens is 4. The molecule has 220 valence electrons. The summed E-state index contributed by atoms with van der Waals surface area (Å²) in [5.41, 5.74) is 6.39. The molecule has 0 radical (unpaired) electrons. The van der Waals surface area contributed by atoms with Gasteiger partial charge < -0.3 is 24.9 Å². The SMILES string of the molecule is COCCNCc1cc(C(=O)Nc2cc(-c3ccc(C#N)cc3-c3[nH]c(C)nc3C)cc(C3CC3)n2)c(=O)n(C2CC2)c1. The zero-order chi connectivity index (χ0) is 30.1. The van der Waals surface area contributed by atoms with E-state index in [1.54, 1.807) is 23.8 Å². The van der Waals surface area contributed by atoms with Crippen molar-refractivity contribution in [2.24, 2.45) is 0 Å². The topological polar surface area (TPSA) is 138 Å². The number of hydrogen-bond acceptors (Lipinski definition) is 7. The molecule has 10 nitrogen and oxygen atoms in total.